The summed E-state index contributed by atoms with van der Waals surface area (Å²) in [6, 6.07) is 8.02. The van der Waals surface area contributed by atoms with Gasteiger partial charge >= 0.3 is 0 Å². The molecule has 4 heteroatoms. The van der Waals surface area contributed by atoms with E-state index in [-0.39, 0.29) is 18.4 Å². The number of hydrogen-bond donors (Lipinski definition) is 2. The van der Waals surface area contributed by atoms with Crippen molar-refractivity contribution in [3.8, 4) is 0 Å². The predicted octanol–water partition coefficient (Wildman–Crippen LogP) is 1.83. The molecular formula is C13H19NO2S. The first-order valence-corrected chi connectivity index (χ1v) is 6.68. The molecule has 1 atom stereocenters. The van der Waals surface area contributed by atoms with Crippen LogP contribution in [-0.4, -0.2) is 29.9 Å². The fourth-order valence-corrected chi connectivity index (χ4v) is 2.12. The first-order chi connectivity index (χ1) is 8.13. The van der Waals surface area contributed by atoms with Crippen LogP contribution >= 0.6 is 11.8 Å². The number of rotatable bonds is 6. The van der Waals surface area contributed by atoms with Crippen molar-refractivity contribution < 1.29 is 9.90 Å². The Morgan fingerprint density at radius 2 is 2.18 bits per heavy atom. The molecule has 0 saturated heterocycles. The number of thioether (sulfide) groups is 1. The van der Waals surface area contributed by atoms with Crippen LogP contribution in [0.5, 0.6) is 0 Å². The largest absolute Gasteiger partial charge is 0.396 e. The second-order valence-corrected chi connectivity index (χ2v) is 5.16. The molecule has 0 saturated carbocycles. The number of aryl methyl sites for hydroxylation is 1. The SMILES string of the molecule is Cc1ccccc1SCC(=O)NCC(C)CO. The summed E-state index contributed by atoms with van der Waals surface area (Å²) < 4.78 is 0. The zero-order valence-corrected chi connectivity index (χ0v) is 11.1. The third-order valence-electron chi connectivity index (χ3n) is 2.41. The van der Waals surface area contributed by atoms with Crippen LogP contribution in [0.3, 0.4) is 0 Å². The lowest BCUT2D eigenvalue weighted by molar-refractivity contribution is -0.118. The number of benzene rings is 1. The van der Waals surface area contributed by atoms with Gasteiger partial charge in [-0.15, -0.1) is 11.8 Å². The van der Waals surface area contributed by atoms with Crippen molar-refractivity contribution in [3.05, 3.63) is 29.8 Å². The molecule has 1 aromatic rings. The number of hydrogen-bond acceptors (Lipinski definition) is 3. The van der Waals surface area contributed by atoms with E-state index in [9.17, 15) is 4.79 Å². The van der Waals surface area contributed by atoms with Crippen molar-refractivity contribution in [1.29, 1.82) is 0 Å². The molecule has 94 valence electrons. The van der Waals surface area contributed by atoms with Gasteiger partial charge < -0.3 is 10.4 Å². The molecule has 0 aliphatic carbocycles. The van der Waals surface area contributed by atoms with Crippen molar-refractivity contribution in [2.45, 2.75) is 18.7 Å². The predicted molar refractivity (Wildman–Crippen MR) is 71.2 cm³/mol. The lowest BCUT2D eigenvalue weighted by atomic mass is 10.2. The van der Waals surface area contributed by atoms with Crippen molar-refractivity contribution in [2.24, 2.45) is 5.92 Å². The molecular weight excluding hydrogens is 234 g/mol. The van der Waals surface area contributed by atoms with Crippen molar-refractivity contribution in [2.75, 3.05) is 18.9 Å². The molecule has 1 rings (SSSR count). The Hall–Kier alpha value is -1.00. The number of nitrogens with one attached hydrogen (secondary N) is 1. The zero-order chi connectivity index (χ0) is 12.7. The summed E-state index contributed by atoms with van der Waals surface area (Å²) in [5.74, 6) is 0.546. The van der Waals surface area contributed by atoms with Crippen LogP contribution in [0.15, 0.2) is 29.2 Å². The number of carbonyl (C=O) groups excluding carboxylic acids is 1. The summed E-state index contributed by atoms with van der Waals surface area (Å²) in [4.78, 5) is 12.7. The average molecular weight is 253 g/mol. The summed E-state index contributed by atoms with van der Waals surface area (Å²) in [5, 5.41) is 11.6. The molecule has 17 heavy (non-hydrogen) atoms. The number of aliphatic hydroxyl groups excluding tert-OH is 1. The lowest BCUT2D eigenvalue weighted by Gasteiger charge is -2.10. The number of amides is 1. The van der Waals surface area contributed by atoms with Gasteiger partial charge in [-0.2, -0.15) is 0 Å². The van der Waals surface area contributed by atoms with E-state index in [2.05, 4.69) is 5.32 Å². The van der Waals surface area contributed by atoms with Crippen LogP contribution in [0, 0.1) is 12.8 Å². The average Bonchev–Trinajstić information content (AvgIpc) is 2.35. The molecule has 0 bridgehead atoms. The molecule has 1 aromatic carbocycles. The highest BCUT2D eigenvalue weighted by Gasteiger charge is 2.06. The normalized spacial score (nSPS) is 12.2. The number of carbonyl (C=O) groups is 1. The van der Waals surface area contributed by atoms with Gasteiger partial charge in [-0.1, -0.05) is 25.1 Å². The van der Waals surface area contributed by atoms with Crippen LogP contribution < -0.4 is 5.32 Å². The monoisotopic (exact) mass is 253 g/mol. The van der Waals surface area contributed by atoms with Gasteiger partial charge in [0.2, 0.25) is 5.91 Å². The van der Waals surface area contributed by atoms with E-state index in [1.54, 1.807) is 0 Å². The van der Waals surface area contributed by atoms with E-state index in [1.165, 1.54) is 17.3 Å². The topological polar surface area (TPSA) is 49.3 Å². The third kappa shape index (κ3) is 5.24. The highest BCUT2D eigenvalue weighted by Crippen LogP contribution is 2.21. The Balaban J connectivity index is 2.31. The van der Waals surface area contributed by atoms with Crippen molar-refractivity contribution >= 4 is 17.7 Å². The molecule has 1 unspecified atom stereocenters. The molecule has 0 spiro atoms. The molecule has 0 fully saturated rings. The van der Waals surface area contributed by atoms with E-state index >= 15 is 0 Å². The molecule has 0 heterocycles. The Labute approximate surface area is 107 Å². The van der Waals surface area contributed by atoms with Gasteiger partial charge in [-0.3, -0.25) is 4.79 Å². The van der Waals surface area contributed by atoms with Crippen LogP contribution in [0.4, 0.5) is 0 Å². The van der Waals surface area contributed by atoms with E-state index in [0.29, 0.717) is 12.3 Å². The fraction of sp³-hybridized carbons (Fsp3) is 0.462. The molecule has 0 aromatic heterocycles. The van der Waals surface area contributed by atoms with E-state index in [4.69, 9.17) is 5.11 Å². The summed E-state index contributed by atoms with van der Waals surface area (Å²) in [6.07, 6.45) is 0. The Kier molecular flexibility index (Phi) is 6.08. The first kappa shape index (κ1) is 14.1. The third-order valence-corrected chi connectivity index (χ3v) is 3.59. The molecule has 0 aliphatic rings. The van der Waals surface area contributed by atoms with E-state index in [1.807, 2.05) is 38.1 Å². The molecule has 0 aliphatic heterocycles. The van der Waals surface area contributed by atoms with E-state index < -0.39 is 0 Å². The molecule has 3 nitrogen and oxygen atoms in total. The Morgan fingerprint density at radius 1 is 1.47 bits per heavy atom. The van der Waals surface area contributed by atoms with Crippen LogP contribution in [0.1, 0.15) is 12.5 Å². The zero-order valence-electron chi connectivity index (χ0n) is 10.3. The minimum absolute atomic E-state index is 0.0125. The second kappa shape index (κ2) is 7.35. The highest BCUT2D eigenvalue weighted by atomic mass is 32.2. The van der Waals surface area contributed by atoms with Gasteiger partial charge in [-0.05, 0) is 24.5 Å². The van der Waals surface area contributed by atoms with Gasteiger partial charge in [0, 0.05) is 18.0 Å². The van der Waals surface area contributed by atoms with Crippen LogP contribution in [0.25, 0.3) is 0 Å². The van der Waals surface area contributed by atoms with Gasteiger partial charge in [0.25, 0.3) is 0 Å². The maximum absolute atomic E-state index is 11.5. The molecule has 1 amide bonds. The summed E-state index contributed by atoms with van der Waals surface area (Å²) in [5.41, 5.74) is 1.19. The van der Waals surface area contributed by atoms with Gasteiger partial charge in [0.1, 0.15) is 0 Å². The van der Waals surface area contributed by atoms with E-state index in [0.717, 1.165) is 4.90 Å². The van der Waals surface area contributed by atoms with Gasteiger partial charge in [-0.25, -0.2) is 0 Å². The minimum atomic E-state index is 0.0125. The summed E-state index contributed by atoms with van der Waals surface area (Å²) >= 11 is 1.54. The molecule has 2 N–H and O–H groups in total. The Bertz CT molecular complexity index is 368. The maximum Gasteiger partial charge on any atom is 0.230 e. The summed E-state index contributed by atoms with van der Waals surface area (Å²) in [7, 11) is 0. The van der Waals surface area contributed by atoms with Crippen LogP contribution in [0.2, 0.25) is 0 Å². The first-order valence-electron chi connectivity index (χ1n) is 5.69. The number of aliphatic hydroxyl groups is 1. The summed E-state index contributed by atoms with van der Waals surface area (Å²) in [6.45, 7) is 4.57. The van der Waals surface area contributed by atoms with Crippen molar-refractivity contribution in [3.63, 3.8) is 0 Å². The van der Waals surface area contributed by atoms with Gasteiger partial charge in [0.15, 0.2) is 0 Å². The van der Waals surface area contributed by atoms with Crippen molar-refractivity contribution in [1.82, 2.24) is 5.32 Å². The maximum atomic E-state index is 11.5. The smallest absolute Gasteiger partial charge is 0.230 e. The molecule has 0 radical (unpaired) electrons. The second-order valence-electron chi connectivity index (χ2n) is 4.15. The standard InChI is InChI=1S/C13H19NO2S/c1-10(8-15)7-14-13(16)9-17-12-6-4-3-5-11(12)2/h3-6,10,15H,7-9H2,1-2H3,(H,14,16). The highest BCUT2D eigenvalue weighted by molar-refractivity contribution is 8.00. The lowest BCUT2D eigenvalue weighted by Crippen LogP contribution is -2.30. The van der Waals surface area contributed by atoms with Gasteiger partial charge in [0.05, 0.1) is 5.75 Å². The minimum Gasteiger partial charge on any atom is -0.396 e. The fourth-order valence-electron chi connectivity index (χ4n) is 1.27. The quantitative estimate of drug-likeness (QED) is 0.760. The Morgan fingerprint density at radius 3 is 2.82 bits per heavy atom. The van der Waals surface area contributed by atoms with Crippen LogP contribution in [-0.2, 0) is 4.79 Å².